The van der Waals surface area contributed by atoms with Gasteiger partial charge in [-0.3, -0.25) is 9.36 Å². The minimum absolute atomic E-state index is 0.0528. The van der Waals surface area contributed by atoms with Crippen LogP contribution in [0.4, 0.5) is 17.6 Å². The molecule has 0 bridgehead atoms. The molecule has 0 spiro atoms. The number of benzene rings is 2. The molecule has 0 atom stereocenters. The highest BCUT2D eigenvalue weighted by atomic mass is 35.5. The van der Waals surface area contributed by atoms with Gasteiger partial charge in [0.1, 0.15) is 27.3 Å². The number of nitrogens with zero attached hydrogens (tertiary/aromatic N) is 2. The van der Waals surface area contributed by atoms with Gasteiger partial charge in [-0.25, -0.2) is 13.8 Å². The Labute approximate surface area is 195 Å². The fourth-order valence-corrected chi connectivity index (χ4v) is 3.29. The van der Waals surface area contributed by atoms with Gasteiger partial charge in [0.2, 0.25) is 0 Å². The Morgan fingerprint density at radius 2 is 1.70 bits per heavy atom. The number of para-hydroxylation sites is 1. The molecular formula is C21H18ClF4N3O3S. The van der Waals surface area contributed by atoms with Gasteiger partial charge in [0.05, 0.1) is 11.3 Å². The molecule has 0 saturated heterocycles. The third-order valence-electron chi connectivity index (χ3n) is 4.21. The van der Waals surface area contributed by atoms with E-state index in [1.165, 1.54) is 0 Å². The highest BCUT2D eigenvalue weighted by molar-refractivity contribution is 7.80. The number of rotatable bonds is 4. The molecule has 0 aliphatic rings. The largest absolute Gasteiger partial charge is 0.457 e. The lowest BCUT2D eigenvalue weighted by atomic mass is 10.1. The predicted octanol–water partition coefficient (Wildman–Crippen LogP) is 4.80. The van der Waals surface area contributed by atoms with Gasteiger partial charge in [0, 0.05) is 13.1 Å². The summed E-state index contributed by atoms with van der Waals surface area (Å²) in [6.07, 6.45) is -5.08. The minimum Gasteiger partial charge on any atom is -0.457 e. The molecule has 2 aromatic carbocycles. The van der Waals surface area contributed by atoms with Gasteiger partial charge in [-0.1, -0.05) is 55.9 Å². The van der Waals surface area contributed by atoms with E-state index in [0.717, 1.165) is 19.2 Å². The first-order chi connectivity index (χ1) is 15.4. The molecule has 0 unspecified atom stereocenters. The van der Waals surface area contributed by atoms with E-state index in [9.17, 15) is 27.2 Å². The van der Waals surface area contributed by atoms with E-state index < -0.39 is 39.6 Å². The molecule has 0 saturated carbocycles. The van der Waals surface area contributed by atoms with Crippen LogP contribution >= 0.6 is 23.8 Å². The normalized spacial score (nSPS) is 10.9. The summed E-state index contributed by atoms with van der Waals surface area (Å²) in [7, 11) is 0.760. The van der Waals surface area contributed by atoms with Gasteiger partial charge >= 0.3 is 11.9 Å². The summed E-state index contributed by atoms with van der Waals surface area (Å²) in [6.45, 7) is 4.00. The third-order valence-corrected chi connectivity index (χ3v) is 4.77. The van der Waals surface area contributed by atoms with E-state index in [2.05, 4.69) is 0 Å². The molecule has 33 heavy (non-hydrogen) atoms. The number of ether oxygens (including phenoxy) is 1. The van der Waals surface area contributed by atoms with Gasteiger partial charge in [-0.15, -0.1) is 0 Å². The number of halogens is 5. The number of hydrogen-bond donors (Lipinski definition) is 1. The Morgan fingerprint density at radius 3 is 2.21 bits per heavy atom. The molecular weight excluding hydrogens is 486 g/mol. The van der Waals surface area contributed by atoms with Crippen molar-refractivity contribution >= 4 is 28.8 Å². The van der Waals surface area contributed by atoms with Crippen molar-refractivity contribution in [1.82, 2.24) is 9.13 Å². The zero-order chi connectivity index (χ0) is 25.1. The molecule has 0 fully saturated rings. The van der Waals surface area contributed by atoms with Crippen molar-refractivity contribution in [3.05, 3.63) is 85.4 Å². The summed E-state index contributed by atoms with van der Waals surface area (Å²) in [4.78, 5) is 24.8. The molecule has 2 N–H and O–H groups in total. The van der Waals surface area contributed by atoms with Crippen LogP contribution in [0.25, 0.3) is 5.69 Å². The lowest BCUT2D eigenvalue weighted by Crippen LogP contribution is -2.42. The lowest BCUT2D eigenvalue weighted by Gasteiger charge is -2.17. The molecule has 0 amide bonds. The highest BCUT2D eigenvalue weighted by Gasteiger charge is 2.39. The van der Waals surface area contributed by atoms with E-state index in [-0.39, 0.29) is 25.4 Å². The van der Waals surface area contributed by atoms with Crippen LogP contribution in [0.5, 0.6) is 11.5 Å². The molecule has 1 aromatic heterocycles. The SMILES string of the molecule is CC.Cn1c(C(F)(F)F)c(Cl)c(=O)n(-c2cc(Oc3ccccc3)c(C(N)=S)cc2F)c1=O. The zero-order valence-electron chi connectivity index (χ0n) is 17.5. The van der Waals surface area contributed by atoms with Crippen LogP contribution < -0.4 is 21.7 Å². The summed E-state index contributed by atoms with van der Waals surface area (Å²) < 4.78 is 60.4. The Kier molecular flexibility index (Phi) is 8.04. The van der Waals surface area contributed by atoms with Crippen LogP contribution in [0, 0.1) is 5.82 Å². The van der Waals surface area contributed by atoms with Gasteiger partial charge in [-0.2, -0.15) is 13.2 Å². The molecule has 3 aromatic rings. The second-order valence-electron chi connectivity index (χ2n) is 6.22. The Hall–Kier alpha value is -3.18. The first-order valence-electron chi connectivity index (χ1n) is 9.38. The van der Waals surface area contributed by atoms with Crippen LogP contribution in [0.3, 0.4) is 0 Å². The monoisotopic (exact) mass is 503 g/mol. The Morgan fingerprint density at radius 1 is 1.12 bits per heavy atom. The lowest BCUT2D eigenvalue weighted by molar-refractivity contribution is -0.143. The van der Waals surface area contributed by atoms with Crippen molar-refractivity contribution in [3.63, 3.8) is 0 Å². The second-order valence-corrected chi connectivity index (χ2v) is 7.04. The Balaban J connectivity index is 0.00000187. The second kappa shape index (κ2) is 10.2. The minimum atomic E-state index is -5.08. The molecule has 12 heteroatoms. The first-order valence-corrected chi connectivity index (χ1v) is 10.2. The average molecular weight is 504 g/mol. The Bertz CT molecular complexity index is 1270. The van der Waals surface area contributed by atoms with Crippen LogP contribution in [0.2, 0.25) is 5.02 Å². The molecule has 0 aliphatic heterocycles. The van der Waals surface area contributed by atoms with Crippen molar-refractivity contribution in [3.8, 4) is 17.2 Å². The van der Waals surface area contributed by atoms with E-state index in [1.807, 2.05) is 13.8 Å². The van der Waals surface area contributed by atoms with Gasteiger partial charge in [-0.05, 0) is 18.2 Å². The number of thiocarbonyl (C=S) groups is 1. The number of alkyl halides is 3. The van der Waals surface area contributed by atoms with E-state index >= 15 is 0 Å². The zero-order valence-corrected chi connectivity index (χ0v) is 19.1. The van der Waals surface area contributed by atoms with E-state index in [4.69, 9.17) is 34.3 Å². The van der Waals surface area contributed by atoms with Crippen LogP contribution in [-0.2, 0) is 13.2 Å². The molecule has 176 valence electrons. The van der Waals surface area contributed by atoms with E-state index in [0.29, 0.717) is 5.75 Å². The summed E-state index contributed by atoms with van der Waals surface area (Å²) in [6, 6.07) is 9.88. The maximum Gasteiger partial charge on any atom is 0.433 e. The van der Waals surface area contributed by atoms with Crippen molar-refractivity contribution in [2.45, 2.75) is 20.0 Å². The van der Waals surface area contributed by atoms with Crippen molar-refractivity contribution in [2.75, 3.05) is 0 Å². The smallest absolute Gasteiger partial charge is 0.433 e. The van der Waals surface area contributed by atoms with Crippen LogP contribution in [0.15, 0.2) is 52.1 Å². The van der Waals surface area contributed by atoms with Crippen LogP contribution in [-0.4, -0.2) is 14.1 Å². The molecule has 0 aliphatic carbocycles. The van der Waals surface area contributed by atoms with Crippen LogP contribution in [0.1, 0.15) is 25.1 Å². The topological polar surface area (TPSA) is 79.2 Å². The quantitative estimate of drug-likeness (QED) is 0.409. The summed E-state index contributed by atoms with van der Waals surface area (Å²) in [5.74, 6) is -0.985. The summed E-state index contributed by atoms with van der Waals surface area (Å²) in [5, 5.41) is -1.29. The van der Waals surface area contributed by atoms with Crippen molar-refractivity contribution < 1.29 is 22.3 Å². The van der Waals surface area contributed by atoms with Gasteiger partial charge in [0.15, 0.2) is 5.69 Å². The molecule has 3 rings (SSSR count). The molecule has 6 nitrogen and oxygen atoms in total. The predicted molar refractivity (Wildman–Crippen MR) is 121 cm³/mol. The number of aromatic nitrogens is 2. The standard InChI is InChI=1S/C19H12ClF4N3O3S.C2H6/c1-26-15(19(22,23)24)14(20)17(28)27(18(26)29)12-8-13(10(16(25)31)7-11(12)21)30-9-5-3-2-4-6-9;1-2/h2-8H,1H3,(H2,25,31);1-2H3. The van der Waals surface area contributed by atoms with Crippen molar-refractivity contribution in [2.24, 2.45) is 12.8 Å². The number of hydrogen-bond acceptors (Lipinski definition) is 4. The average Bonchev–Trinajstić information content (AvgIpc) is 2.75. The first kappa shape index (κ1) is 26.1. The summed E-state index contributed by atoms with van der Waals surface area (Å²) in [5.41, 5.74) is 0.199. The highest BCUT2D eigenvalue weighted by Crippen LogP contribution is 2.33. The van der Waals surface area contributed by atoms with Crippen molar-refractivity contribution in [1.29, 1.82) is 0 Å². The fourth-order valence-electron chi connectivity index (χ4n) is 2.81. The number of nitrogens with two attached hydrogens (primary N) is 1. The maximum absolute atomic E-state index is 14.8. The molecule has 1 heterocycles. The molecule has 0 radical (unpaired) electrons. The van der Waals surface area contributed by atoms with Gasteiger partial charge in [0.25, 0.3) is 5.56 Å². The van der Waals surface area contributed by atoms with E-state index in [1.54, 1.807) is 30.3 Å². The van der Waals surface area contributed by atoms with Gasteiger partial charge < -0.3 is 10.5 Å². The fraction of sp³-hybridized carbons (Fsp3) is 0.190. The maximum atomic E-state index is 14.8. The third kappa shape index (κ3) is 5.25. The summed E-state index contributed by atoms with van der Waals surface area (Å²) >= 11 is 10.5.